The van der Waals surface area contributed by atoms with Crippen LogP contribution in [0, 0.1) is 22.7 Å². The molecule has 1 amide bonds. The normalized spacial score (nSPS) is 41.4. The number of fused-ring (bicyclic) bond motifs is 5. The van der Waals surface area contributed by atoms with Crippen molar-refractivity contribution in [1.82, 2.24) is 4.98 Å². The van der Waals surface area contributed by atoms with E-state index in [0.717, 1.165) is 43.4 Å². The summed E-state index contributed by atoms with van der Waals surface area (Å²) in [5.41, 5.74) is 5.12. The van der Waals surface area contributed by atoms with Crippen LogP contribution < -0.4 is 5.32 Å². The molecule has 1 aromatic heterocycles. The number of aliphatic hydroxyl groups excluding tert-OH is 1. The van der Waals surface area contributed by atoms with Gasteiger partial charge in [0, 0.05) is 23.7 Å². The number of allylic oxidation sites excluding steroid dienone is 3. The highest BCUT2D eigenvalue weighted by Gasteiger charge is 2.62. The minimum Gasteiger partial charge on any atom is -0.393 e. The maximum atomic E-state index is 11.5. The van der Waals surface area contributed by atoms with E-state index in [4.69, 9.17) is 0 Å². The summed E-state index contributed by atoms with van der Waals surface area (Å²) in [6.07, 6.45) is 15.9. The molecule has 1 unspecified atom stereocenters. The summed E-state index contributed by atoms with van der Waals surface area (Å²) in [5, 5.41) is 13.3. The number of nitrogens with one attached hydrogen (secondary N) is 1. The fraction of sp³-hybridized carbons (Fsp3) is 0.615. The Balaban J connectivity index is 1.49. The highest BCUT2D eigenvalue weighted by molar-refractivity contribution is 7.19. The van der Waals surface area contributed by atoms with Crippen LogP contribution in [0.5, 0.6) is 0 Å². The molecule has 0 bridgehead atoms. The Labute approximate surface area is 188 Å². The van der Waals surface area contributed by atoms with Crippen LogP contribution in [0.15, 0.2) is 36.2 Å². The third kappa shape index (κ3) is 3.09. The van der Waals surface area contributed by atoms with Crippen molar-refractivity contribution in [2.24, 2.45) is 22.7 Å². The summed E-state index contributed by atoms with van der Waals surface area (Å²) in [6.45, 7) is 6.46. The van der Waals surface area contributed by atoms with Gasteiger partial charge in [-0.25, -0.2) is 0 Å². The molecule has 1 heterocycles. The number of carbonyl (C=O) groups excluding carboxylic acids is 1. The molecule has 5 heteroatoms. The fourth-order valence-electron chi connectivity index (χ4n) is 7.56. The molecule has 2 fully saturated rings. The predicted octanol–water partition coefficient (Wildman–Crippen LogP) is 5.35. The van der Waals surface area contributed by atoms with E-state index in [2.05, 4.69) is 51.6 Å². The van der Waals surface area contributed by atoms with Crippen LogP contribution >= 0.6 is 9.24 Å². The third-order valence-corrected chi connectivity index (χ3v) is 10.7. The molecule has 0 aromatic carbocycles. The van der Waals surface area contributed by atoms with Gasteiger partial charge in [-0.2, -0.15) is 0 Å². The first-order valence-corrected chi connectivity index (χ1v) is 12.4. The Morgan fingerprint density at radius 2 is 2.00 bits per heavy atom. The zero-order valence-corrected chi connectivity index (χ0v) is 20.1. The van der Waals surface area contributed by atoms with E-state index in [1.54, 1.807) is 6.20 Å². The van der Waals surface area contributed by atoms with Gasteiger partial charge in [0.2, 0.25) is 5.91 Å². The number of amides is 1. The molecule has 7 atom stereocenters. The quantitative estimate of drug-likeness (QED) is 0.483. The van der Waals surface area contributed by atoms with Crippen LogP contribution in [-0.4, -0.2) is 27.3 Å². The second kappa shape index (κ2) is 7.25. The van der Waals surface area contributed by atoms with Gasteiger partial charge in [0.25, 0.3) is 0 Å². The van der Waals surface area contributed by atoms with E-state index in [-0.39, 0.29) is 28.0 Å². The average molecular weight is 439 g/mol. The van der Waals surface area contributed by atoms with E-state index >= 15 is 0 Å². The second-order valence-corrected chi connectivity index (χ2v) is 11.9. The zero-order valence-electron chi connectivity index (χ0n) is 18.9. The number of carbonyl (C=O) groups is 1. The maximum absolute atomic E-state index is 11.5. The van der Waals surface area contributed by atoms with Crippen molar-refractivity contribution in [3.05, 3.63) is 41.7 Å². The SMILES string of the molecule is CC(=O)Nc1cncc(C2=CC[C@@]3(P)[C@@H]4CC=C5C[C@@H](O)CC[C@]5(C)[C@H]4CC[C@]23C)c1. The van der Waals surface area contributed by atoms with Crippen LogP contribution in [-0.2, 0) is 4.79 Å². The molecular formula is C26H35N2O2P. The largest absolute Gasteiger partial charge is 0.393 e. The van der Waals surface area contributed by atoms with Gasteiger partial charge in [-0.3, -0.25) is 9.78 Å². The molecule has 4 aliphatic rings. The molecule has 0 saturated heterocycles. The molecule has 4 aliphatic carbocycles. The zero-order chi connectivity index (χ0) is 22.0. The first-order valence-electron chi connectivity index (χ1n) is 11.8. The van der Waals surface area contributed by atoms with Crippen LogP contribution in [0.25, 0.3) is 5.57 Å². The lowest BCUT2D eigenvalue weighted by Gasteiger charge is -2.62. The highest BCUT2D eigenvalue weighted by Crippen LogP contribution is 2.70. The van der Waals surface area contributed by atoms with Gasteiger partial charge >= 0.3 is 0 Å². The standard InChI is InChI=1S/C26H35N2O2P/c1-16(29)28-19-12-17(14-27-15-19)21-8-11-26(31)23-5-4-18-13-20(30)6-9-24(18,2)22(23)7-10-25(21,26)3/h4,8,12,14-15,20,22-23,30H,5-7,9-11,13,31H2,1-3H3,(H,28,29)/t20-,22-,23+,24-,25+,26+/m0/s1. The Kier molecular flexibility index (Phi) is 4.99. The number of anilines is 1. The lowest BCUT2D eigenvalue weighted by molar-refractivity contribution is -0.114. The fourth-order valence-corrected chi connectivity index (χ4v) is 8.35. The smallest absolute Gasteiger partial charge is 0.221 e. The van der Waals surface area contributed by atoms with Gasteiger partial charge in [0.05, 0.1) is 18.0 Å². The monoisotopic (exact) mass is 438 g/mol. The number of hydrogen-bond acceptors (Lipinski definition) is 3. The first kappa shape index (κ1) is 21.3. The predicted molar refractivity (Wildman–Crippen MR) is 129 cm³/mol. The summed E-state index contributed by atoms with van der Waals surface area (Å²) >= 11 is 0. The molecule has 166 valence electrons. The molecule has 4 nitrogen and oxygen atoms in total. The minimum atomic E-state index is -0.155. The third-order valence-electron chi connectivity index (χ3n) is 9.36. The summed E-state index contributed by atoms with van der Waals surface area (Å²) in [7, 11) is 3.34. The van der Waals surface area contributed by atoms with E-state index in [9.17, 15) is 9.90 Å². The van der Waals surface area contributed by atoms with E-state index in [1.165, 1.54) is 30.9 Å². The van der Waals surface area contributed by atoms with E-state index < -0.39 is 0 Å². The Morgan fingerprint density at radius 3 is 2.77 bits per heavy atom. The van der Waals surface area contributed by atoms with Gasteiger partial charge in [-0.15, -0.1) is 9.24 Å². The van der Waals surface area contributed by atoms with Crippen molar-refractivity contribution >= 4 is 26.4 Å². The second-order valence-electron chi connectivity index (χ2n) is 10.9. The number of aromatic nitrogens is 1. The minimum absolute atomic E-state index is 0.0675. The summed E-state index contributed by atoms with van der Waals surface area (Å²) in [6, 6.07) is 2.08. The van der Waals surface area contributed by atoms with E-state index in [1.807, 2.05) is 6.20 Å². The van der Waals surface area contributed by atoms with Crippen LogP contribution in [0.4, 0.5) is 5.69 Å². The Morgan fingerprint density at radius 1 is 1.19 bits per heavy atom. The molecule has 1 aromatic rings. The Bertz CT molecular complexity index is 987. The van der Waals surface area contributed by atoms with Crippen molar-refractivity contribution in [2.75, 3.05) is 5.32 Å². The van der Waals surface area contributed by atoms with Gasteiger partial charge in [-0.1, -0.05) is 31.6 Å². The Hall–Kier alpha value is -1.51. The maximum Gasteiger partial charge on any atom is 0.221 e. The molecule has 0 aliphatic heterocycles. The van der Waals surface area contributed by atoms with Crippen molar-refractivity contribution in [3.63, 3.8) is 0 Å². The van der Waals surface area contributed by atoms with Crippen molar-refractivity contribution in [2.45, 2.75) is 77.0 Å². The van der Waals surface area contributed by atoms with Gasteiger partial charge < -0.3 is 10.4 Å². The van der Waals surface area contributed by atoms with Crippen molar-refractivity contribution in [1.29, 1.82) is 0 Å². The molecule has 2 saturated carbocycles. The molecule has 2 N–H and O–H groups in total. The van der Waals surface area contributed by atoms with Gasteiger partial charge in [0.15, 0.2) is 0 Å². The molecular weight excluding hydrogens is 403 g/mol. The topological polar surface area (TPSA) is 62.2 Å². The van der Waals surface area contributed by atoms with Crippen LogP contribution in [0.2, 0.25) is 0 Å². The van der Waals surface area contributed by atoms with Gasteiger partial charge in [-0.05, 0) is 79.4 Å². The van der Waals surface area contributed by atoms with Crippen LogP contribution in [0.3, 0.4) is 0 Å². The molecule has 31 heavy (non-hydrogen) atoms. The van der Waals surface area contributed by atoms with Crippen molar-refractivity contribution < 1.29 is 9.90 Å². The number of nitrogens with zero attached hydrogens (tertiary/aromatic N) is 1. The molecule has 0 radical (unpaired) electrons. The average Bonchev–Trinajstić information content (AvgIpc) is 3.00. The first-order chi connectivity index (χ1) is 14.7. The van der Waals surface area contributed by atoms with E-state index in [0.29, 0.717) is 11.8 Å². The molecule has 0 spiro atoms. The van der Waals surface area contributed by atoms with Gasteiger partial charge in [0.1, 0.15) is 0 Å². The van der Waals surface area contributed by atoms with Crippen molar-refractivity contribution in [3.8, 4) is 0 Å². The highest BCUT2D eigenvalue weighted by atomic mass is 31.0. The number of hydrogen-bond donors (Lipinski definition) is 2. The molecule has 5 rings (SSSR count). The number of pyridine rings is 1. The number of rotatable bonds is 2. The lowest BCUT2D eigenvalue weighted by Crippen LogP contribution is -2.56. The summed E-state index contributed by atoms with van der Waals surface area (Å²) in [4.78, 5) is 16.0. The lowest BCUT2D eigenvalue weighted by atomic mass is 9.47. The summed E-state index contributed by atoms with van der Waals surface area (Å²) in [5.74, 6) is 1.24. The number of aliphatic hydroxyl groups is 1. The summed E-state index contributed by atoms with van der Waals surface area (Å²) < 4.78 is 0. The van der Waals surface area contributed by atoms with Crippen LogP contribution in [0.1, 0.15) is 71.3 Å².